The highest BCUT2D eigenvalue weighted by Gasteiger charge is 2.37. The number of hydrogen-bond acceptors (Lipinski definition) is 4. The minimum absolute atomic E-state index is 0.175. The van der Waals surface area contributed by atoms with E-state index in [9.17, 15) is 19.8 Å². The van der Waals surface area contributed by atoms with E-state index in [4.69, 9.17) is 0 Å². The van der Waals surface area contributed by atoms with Crippen molar-refractivity contribution in [3.05, 3.63) is 130 Å². The van der Waals surface area contributed by atoms with Gasteiger partial charge in [-0.3, -0.25) is 9.59 Å². The third-order valence-electron chi connectivity index (χ3n) is 8.31. The Labute approximate surface area is 265 Å². The second-order valence-electron chi connectivity index (χ2n) is 13.4. The summed E-state index contributed by atoms with van der Waals surface area (Å²) in [5.41, 5.74) is 7.16. The number of aliphatic hydroxyl groups excluding tert-OH is 2. The van der Waals surface area contributed by atoms with Crippen molar-refractivity contribution in [1.82, 2.24) is 0 Å². The molecule has 0 aromatic rings. The molecule has 2 aliphatic carbocycles. The van der Waals surface area contributed by atoms with E-state index < -0.39 is 12.2 Å². The molecule has 0 bridgehead atoms. The topological polar surface area (TPSA) is 74.6 Å². The molecule has 0 heterocycles. The Kier molecular flexibility index (Phi) is 13.2. The quantitative estimate of drug-likeness (QED) is 0.247. The molecule has 2 atom stereocenters. The van der Waals surface area contributed by atoms with Gasteiger partial charge in [0.15, 0.2) is 11.6 Å². The van der Waals surface area contributed by atoms with E-state index in [-0.39, 0.29) is 22.4 Å². The molecule has 0 unspecified atom stereocenters. The summed E-state index contributed by atoms with van der Waals surface area (Å²) in [6.45, 7) is 20.0. The number of aliphatic hydroxyl groups is 2. The van der Waals surface area contributed by atoms with Gasteiger partial charge in [-0.25, -0.2) is 0 Å². The van der Waals surface area contributed by atoms with Crippen LogP contribution in [0.2, 0.25) is 0 Å². The first kappa shape index (κ1) is 36.6. The molecule has 2 aliphatic rings. The fourth-order valence-corrected chi connectivity index (χ4v) is 5.62. The minimum atomic E-state index is -0.907. The molecule has 4 heteroatoms. The minimum Gasteiger partial charge on any atom is -0.385 e. The van der Waals surface area contributed by atoms with Gasteiger partial charge in [-0.05, 0) is 87.5 Å². The fourth-order valence-electron chi connectivity index (χ4n) is 5.62. The Balaban J connectivity index is 1.95. The molecule has 0 aromatic carbocycles. The van der Waals surface area contributed by atoms with E-state index >= 15 is 0 Å². The third-order valence-corrected chi connectivity index (χ3v) is 8.31. The van der Waals surface area contributed by atoms with E-state index in [2.05, 4.69) is 65.8 Å². The Morgan fingerprint density at radius 2 is 0.864 bits per heavy atom. The molecular formula is C40H52O4. The van der Waals surface area contributed by atoms with E-state index in [1.54, 1.807) is 13.8 Å². The van der Waals surface area contributed by atoms with Gasteiger partial charge in [0.1, 0.15) is 12.2 Å². The second-order valence-corrected chi connectivity index (χ2v) is 13.4. The normalized spacial score (nSPS) is 24.5. The molecule has 0 saturated carbocycles. The van der Waals surface area contributed by atoms with Crippen molar-refractivity contribution in [2.45, 2.75) is 94.3 Å². The van der Waals surface area contributed by atoms with E-state index in [0.29, 0.717) is 24.0 Å². The second kappa shape index (κ2) is 15.9. The SMILES string of the molecule is CC1=C(/C=C/C(C)=C\C=C\C(C)=C\C=C\C=C(C)\C=C\C=C(C)\C=C\C2=C(C)C(=O)[C@@H](O)CC2(C)C)C(C)(C)C[C@@H](O)C1=O. The van der Waals surface area contributed by atoms with Crippen molar-refractivity contribution < 1.29 is 19.8 Å². The number of carbonyl (C=O) groups is 2. The lowest BCUT2D eigenvalue weighted by Crippen LogP contribution is -2.35. The lowest BCUT2D eigenvalue weighted by Gasteiger charge is -2.34. The molecule has 4 nitrogen and oxygen atoms in total. The van der Waals surface area contributed by atoms with E-state index in [1.165, 1.54) is 0 Å². The van der Waals surface area contributed by atoms with Gasteiger partial charge in [-0.15, -0.1) is 0 Å². The molecule has 0 radical (unpaired) electrons. The number of ketones is 2. The molecular weight excluding hydrogens is 544 g/mol. The van der Waals surface area contributed by atoms with Crippen molar-refractivity contribution in [3.63, 3.8) is 0 Å². The van der Waals surface area contributed by atoms with E-state index in [1.807, 2.05) is 74.6 Å². The van der Waals surface area contributed by atoms with Gasteiger partial charge in [0.25, 0.3) is 0 Å². The smallest absolute Gasteiger partial charge is 0.187 e. The standard InChI is InChI=1S/C40H52O4/c1-27(17-13-19-29(3)21-23-33-31(5)37(43)35(41)25-39(33,7)8)15-11-12-16-28(2)18-14-20-30(4)22-24-34-32(6)38(44)36(42)26-40(34,9)10/h11-24,35-36,41-42H,25-26H2,1-10H3/b12-11+,17-13+,18-14+,23-21+,24-22+,27-15+,28-16+,29-19-,30-20+/t35-,36+/m1/s1. The van der Waals surface area contributed by atoms with Gasteiger partial charge in [0, 0.05) is 0 Å². The Hall–Kier alpha value is -3.60. The maximum atomic E-state index is 12.2. The monoisotopic (exact) mass is 596 g/mol. The first-order valence-corrected chi connectivity index (χ1v) is 15.4. The molecule has 0 aliphatic heterocycles. The van der Waals surface area contributed by atoms with Gasteiger partial charge in [-0.2, -0.15) is 0 Å². The number of hydrogen-bond donors (Lipinski definition) is 2. The highest BCUT2D eigenvalue weighted by molar-refractivity contribution is 6.01. The fraction of sp³-hybridized carbons (Fsp3) is 0.400. The van der Waals surface area contributed by atoms with Gasteiger partial charge in [0.2, 0.25) is 0 Å². The summed E-state index contributed by atoms with van der Waals surface area (Å²) < 4.78 is 0. The summed E-state index contributed by atoms with van der Waals surface area (Å²) in [5, 5.41) is 20.0. The highest BCUT2D eigenvalue weighted by Crippen LogP contribution is 2.40. The lowest BCUT2D eigenvalue weighted by atomic mass is 9.71. The Bertz CT molecular complexity index is 1340. The number of allylic oxidation sites excluding steroid dienone is 20. The van der Waals surface area contributed by atoms with Crippen LogP contribution < -0.4 is 0 Å². The summed E-state index contributed by atoms with van der Waals surface area (Å²) >= 11 is 0. The van der Waals surface area contributed by atoms with Crippen LogP contribution in [0.4, 0.5) is 0 Å². The molecule has 0 saturated heterocycles. The molecule has 44 heavy (non-hydrogen) atoms. The van der Waals surface area contributed by atoms with Crippen LogP contribution in [-0.2, 0) is 9.59 Å². The van der Waals surface area contributed by atoms with Crippen molar-refractivity contribution in [2.24, 2.45) is 10.8 Å². The van der Waals surface area contributed by atoms with Crippen molar-refractivity contribution in [1.29, 1.82) is 0 Å². The van der Waals surface area contributed by atoms with Gasteiger partial charge in [0.05, 0.1) is 0 Å². The zero-order valence-corrected chi connectivity index (χ0v) is 28.4. The van der Waals surface area contributed by atoms with Crippen LogP contribution in [0.3, 0.4) is 0 Å². The van der Waals surface area contributed by atoms with Crippen molar-refractivity contribution in [3.8, 4) is 0 Å². The van der Waals surface area contributed by atoms with Crippen LogP contribution in [-0.4, -0.2) is 34.0 Å². The van der Waals surface area contributed by atoms with Crippen LogP contribution in [0.1, 0.15) is 82.1 Å². The third kappa shape index (κ3) is 10.5. The molecule has 0 spiro atoms. The number of Topliss-reactive ketones (excluding diaryl/α,β-unsaturated/α-hetero) is 2. The van der Waals surface area contributed by atoms with Crippen LogP contribution in [0, 0.1) is 10.8 Å². The maximum Gasteiger partial charge on any atom is 0.187 e. The van der Waals surface area contributed by atoms with Gasteiger partial charge in [-0.1, -0.05) is 135 Å². The van der Waals surface area contributed by atoms with Crippen LogP contribution >= 0.6 is 0 Å². The Morgan fingerprint density at radius 1 is 0.568 bits per heavy atom. The molecule has 0 aromatic heterocycles. The molecule has 2 rings (SSSR count). The maximum absolute atomic E-state index is 12.2. The summed E-state index contributed by atoms with van der Waals surface area (Å²) in [6.07, 6.45) is 27.5. The molecule has 2 N–H and O–H groups in total. The van der Waals surface area contributed by atoms with Crippen molar-refractivity contribution in [2.75, 3.05) is 0 Å². The summed E-state index contributed by atoms with van der Waals surface area (Å²) in [7, 11) is 0. The predicted molar refractivity (Wildman–Crippen MR) is 185 cm³/mol. The summed E-state index contributed by atoms with van der Waals surface area (Å²) in [5.74, 6) is -0.350. The van der Waals surface area contributed by atoms with E-state index in [0.717, 1.165) is 33.4 Å². The highest BCUT2D eigenvalue weighted by atomic mass is 16.3. The van der Waals surface area contributed by atoms with Crippen LogP contribution in [0.15, 0.2) is 130 Å². The predicted octanol–water partition coefficient (Wildman–Crippen LogP) is 8.91. The van der Waals surface area contributed by atoms with Gasteiger partial charge >= 0.3 is 0 Å². The summed E-state index contributed by atoms with van der Waals surface area (Å²) in [4.78, 5) is 24.5. The van der Waals surface area contributed by atoms with Crippen molar-refractivity contribution >= 4 is 11.6 Å². The average Bonchev–Trinajstić information content (AvgIpc) is 2.92. The molecule has 236 valence electrons. The lowest BCUT2D eigenvalue weighted by molar-refractivity contribution is -0.126. The first-order valence-electron chi connectivity index (χ1n) is 15.4. The zero-order chi connectivity index (χ0) is 33.2. The van der Waals surface area contributed by atoms with Crippen LogP contribution in [0.25, 0.3) is 0 Å². The van der Waals surface area contributed by atoms with Crippen LogP contribution in [0.5, 0.6) is 0 Å². The Morgan fingerprint density at radius 3 is 1.20 bits per heavy atom. The number of rotatable bonds is 10. The zero-order valence-electron chi connectivity index (χ0n) is 28.4. The first-order chi connectivity index (χ1) is 20.5. The molecule has 0 amide bonds. The van der Waals surface area contributed by atoms with Gasteiger partial charge < -0.3 is 10.2 Å². The largest absolute Gasteiger partial charge is 0.385 e. The summed E-state index contributed by atoms with van der Waals surface area (Å²) in [6, 6.07) is 0. The average molecular weight is 597 g/mol. The number of carbonyl (C=O) groups excluding carboxylic acids is 2. The molecule has 0 fully saturated rings.